The van der Waals surface area contributed by atoms with Crippen molar-refractivity contribution in [2.75, 3.05) is 0 Å². The van der Waals surface area contributed by atoms with Crippen LogP contribution >= 0.6 is 11.6 Å². The maximum absolute atomic E-state index is 11.5. The number of halogens is 1. The van der Waals surface area contributed by atoms with Gasteiger partial charge < -0.3 is 4.74 Å². The van der Waals surface area contributed by atoms with E-state index in [9.17, 15) is 4.79 Å². The van der Waals surface area contributed by atoms with Gasteiger partial charge in [-0.2, -0.15) is 0 Å². The van der Waals surface area contributed by atoms with Crippen LogP contribution in [0.15, 0.2) is 30.3 Å². The molecule has 0 spiro atoms. The minimum atomic E-state index is -0.246. The molecule has 2 nitrogen and oxygen atoms in total. The van der Waals surface area contributed by atoms with Gasteiger partial charge in [0.2, 0.25) is 0 Å². The van der Waals surface area contributed by atoms with Crippen molar-refractivity contribution in [3.8, 4) is 0 Å². The van der Waals surface area contributed by atoms with E-state index in [0.29, 0.717) is 10.6 Å². The molecule has 0 aliphatic carbocycles. The maximum Gasteiger partial charge on any atom is 0.339 e. The van der Waals surface area contributed by atoms with Gasteiger partial charge in [0, 0.05) is 5.02 Å². The van der Waals surface area contributed by atoms with E-state index in [0.717, 1.165) is 12.0 Å². The average molecular weight is 223 g/mol. The van der Waals surface area contributed by atoms with Gasteiger partial charge in [0.05, 0.1) is 5.57 Å². The third-order valence-corrected chi connectivity index (χ3v) is 2.64. The van der Waals surface area contributed by atoms with Gasteiger partial charge in [-0.3, -0.25) is 0 Å². The van der Waals surface area contributed by atoms with E-state index < -0.39 is 0 Å². The van der Waals surface area contributed by atoms with Gasteiger partial charge in [-0.25, -0.2) is 4.79 Å². The first-order chi connectivity index (χ1) is 7.20. The molecule has 3 heteroatoms. The van der Waals surface area contributed by atoms with Gasteiger partial charge >= 0.3 is 5.97 Å². The number of ether oxygens (including phenoxy) is 1. The SMILES string of the molecule is CCC1C=C(c2ccc(Cl)cc2)C(=O)O1. The minimum Gasteiger partial charge on any atom is -0.455 e. The average Bonchev–Trinajstić information content (AvgIpc) is 2.61. The largest absolute Gasteiger partial charge is 0.455 e. The van der Waals surface area contributed by atoms with Crippen molar-refractivity contribution < 1.29 is 9.53 Å². The summed E-state index contributed by atoms with van der Waals surface area (Å²) in [6.45, 7) is 1.99. The highest BCUT2D eigenvalue weighted by Gasteiger charge is 2.24. The second-order valence-corrected chi connectivity index (χ2v) is 3.88. The summed E-state index contributed by atoms with van der Waals surface area (Å²) in [5, 5.41) is 0.665. The van der Waals surface area contributed by atoms with Crippen LogP contribution in [0.1, 0.15) is 18.9 Å². The molecule has 1 aliphatic heterocycles. The fourth-order valence-corrected chi connectivity index (χ4v) is 1.66. The van der Waals surface area contributed by atoms with E-state index in [1.807, 2.05) is 25.1 Å². The number of cyclic esters (lactones) is 1. The first-order valence-electron chi connectivity index (χ1n) is 4.89. The van der Waals surface area contributed by atoms with Crippen LogP contribution in [0.5, 0.6) is 0 Å². The smallest absolute Gasteiger partial charge is 0.339 e. The van der Waals surface area contributed by atoms with Crippen LogP contribution in [0, 0.1) is 0 Å². The van der Waals surface area contributed by atoms with Crippen LogP contribution in [0.4, 0.5) is 0 Å². The Morgan fingerprint density at radius 2 is 2.00 bits per heavy atom. The van der Waals surface area contributed by atoms with Crippen LogP contribution in [-0.4, -0.2) is 12.1 Å². The van der Waals surface area contributed by atoms with E-state index in [-0.39, 0.29) is 12.1 Å². The molecule has 0 bridgehead atoms. The number of hydrogen-bond acceptors (Lipinski definition) is 2. The molecule has 15 heavy (non-hydrogen) atoms. The van der Waals surface area contributed by atoms with Crippen molar-refractivity contribution >= 4 is 23.1 Å². The molecule has 1 heterocycles. The molecule has 1 aliphatic rings. The highest BCUT2D eigenvalue weighted by molar-refractivity contribution is 6.30. The van der Waals surface area contributed by atoms with Crippen molar-refractivity contribution in [1.29, 1.82) is 0 Å². The van der Waals surface area contributed by atoms with E-state index in [1.165, 1.54) is 0 Å². The summed E-state index contributed by atoms with van der Waals surface area (Å²) in [5.41, 5.74) is 1.50. The zero-order chi connectivity index (χ0) is 10.8. The van der Waals surface area contributed by atoms with E-state index in [4.69, 9.17) is 16.3 Å². The molecule has 2 rings (SSSR count). The number of carbonyl (C=O) groups is 1. The molecule has 78 valence electrons. The summed E-state index contributed by atoms with van der Waals surface area (Å²) < 4.78 is 5.14. The van der Waals surface area contributed by atoms with Crippen LogP contribution in [0.2, 0.25) is 5.02 Å². The van der Waals surface area contributed by atoms with Gasteiger partial charge in [0.15, 0.2) is 0 Å². The Morgan fingerprint density at radius 3 is 2.53 bits per heavy atom. The first kappa shape index (κ1) is 10.2. The van der Waals surface area contributed by atoms with E-state index >= 15 is 0 Å². The maximum atomic E-state index is 11.5. The number of benzene rings is 1. The lowest BCUT2D eigenvalue weighted by Gasteiger charge is -2.02. The van der Waals surface area contributed by atoms with Gasteiger partial charge in [0.25, 0.3) is 0 Å². The zero-order valence-electron chi connectivity index (χ0n) is 8.37. The fourth-order valence-electron chi connectivity index (χ4n) is 1.53. The highest BCUT2D eigenvalue weighted by Crippen LogP contribution is 2.26. The van der Waals surface area contributed by atoms with Crippen molar-refractivity contribution in [2.24, 2.45) is 0 Å². The standard InChI is InChI=1S/C12H11ClO2/c1-2-10-7-11(12(14)15-10)8-3-5-9(13)6-4-8/h3-7,10H,2H2,1H3. The Bertz CT molecular complexity index is 406. The summed E-state index contributed by atoms with van der Waals surface area (Å²) in [7, 11) is 0. The monoisotopic (exact) mass is 222 g/mol. The molecular weight excluding hydrogens is 212 g/mol. The molecule has 1 aromatic rings. The van der Waals surface area contributed by atoms with E-state index in [1.54, 1.807) is 12.1 Å². The van der Waals surface area contributed by atoms with Crippen molar-refractivity contribution in [1.82, 2.24) is 0 Å². The summed E-state index contributed by atoms with van der Waals surface area (Å²) >= 11 is 5.78. The third-order valence-electron chi connectivity index (χ3n) is 2.39. The summed E-state index contributed by atoms with van der Waals surface area (Å²) in [4.78, 5) is 11.5. The summed E-state index contributed by atoms with van der Waals surface area (Å²) in [5.74, 6) is -0.246. The topological polar surface area (TPSA) is 26.3 Å². The van der Waals surface area contributed by atoms with Gasteiger partial charge in [-0.15, -0.1) is 0 Å². The molecular formula is C12H11ClO2. The lowest BCUT2D eigenvalue weighted by atomic mass is 10.1. The Hall–Kier alpha value is -1.28. The molecule has 0 amide bonds. The molecule has 0 saturated carbocycles. The second kappa shape index (κ2) is 4.07. The second-order valence-electron chi connectivity index (χ2n) is 3.44. The zero-order valence-corrected chi connectivity index (χ0v) is 9.12. The highest BCUT2D eigenvalue weighted by atomic mass is 35.5. The Balaban J connectivity index is 2.31. The number of carbonyl (C=O) groups excluding carboxylic acids is 1. The number of esters is 1. The normalized spacial score (nSPS) is 20.0. The van der Waals surface area contributed by atoms with Crippen molar-refractivity contribution in [3.63, 3.8) is 0 Å². The Kier molecular flexibility index (Phi) is 2.78. The van der Waals surface area contributed by atoms with Gasteiger partial charge in [-0.05, 0) is 30.2 Å². The summed E-state index contributed by atoms with van der Waals surface area (Å²) in [6.07, 6.45) is 2.59. The lowest BCUT2D eigenvalue weighted by molar-refractivity contribution is -0.137. The lowest BCUT2D eigenvalue weighted by Crippen LogP contribution is -2.06. The number of hydrogen-bond donors (Lipinski definition) is 0. The van der Waals surface area contributed by atoms with E-state index in [2.05, 4.69) is 0 Å². The predicted octanol–water partition coefficient (Wildman–Crippen LogP) is 3.06. The minimum absolute atomic E-state index is 0.0804. The van der Waals surface area contributed by atoms with Crippen LogP contribution in [-0.2, 0) is 9.53 Å². The van der Waals surface area contributed by atoms with Crippen LogP contribution < -0.4 is 0 Å². The first-order valence-corrected chi connectivity index (χ1v) is 5.27. The Morgan fingerprint density at radius 1 is 1.33 bits per heavy atom. The molecule has 0 radical (unpaired) electrons. The molecule has 0 aromatic heterocycles. The van der Waals surface area contributed by atoms with Gasteiger partial charge in [-0.1, -0.05) is 30.7 Å². The van der Waals surface area contributed by atoms with Crippen molar-refractivity contribution in [2.45, 2.75) is 19.4 Å². The van der Waals surface area contributed by atoms with Crippen LogP contribution in [0.3, 0.4) is 0 Å². The molecule has 1 unspecified atom stereocenters. The fraction of sp³-hybridized carbons (Fsp3) is 0.250. The Labute approximate surface area is 93.5 Å². The molecule has 0 fully saturated rings. The number of rotatable bonds is 2. The summed E-state index contributed by atoms with van der Waals surface area (Å²) in [6, 6.07) is 7.19. The van der Waals surface area contributed by atoms with Gasteiger partial charge in [0.1, 0.15) is 6.10 Å². The molecule has 1 atom stereocenters. The molecule has 0 N–H and O–H groups in total. The quantitative estimate of drug-likeness (QED) is 0.719. The van der Waals surface area contributed by atoms with Crippen LogP contribution in [0.25, 0.3) is 5.57 Å². The predicted molar refractivity (Wildman–Crippen MR) is 59.6 cm³/mol. The molecule has 1 aromatic carbocycles. The third kappa shape index (κ3) is 2.05. The molecule has 0 saturated heterocycles. The van der Waals surface area contributed by atoms with Crippen molar-refractivity contribution in [3.05, 3.63) is 40.9 Å².